The lowest BCUT2D eigenvalue weighted by Crippen LogP contribution is -2.25. The predicted octanol–water partition coefficient (Wildman–Crippen LogP) is 4.94. The summed E-state index contributed by atoms with van der Waals surface area (Å²) >= 11 is 3.43. The Balaban J connectivity index is 1.96. The molecule has 0 fully saturated rings. The maximum Gasteiger partial charge on any atom is 0.414 e. The van der Waals surface area contributed by atoms with Crippen molar-refractivity contribution in [3.05, 3.63) is 58.3 Å². The Labute approximate surface area is 176 Å². The molecule has 0 radical (unpaired) electrons. The number of fused-ring (bicyclic) bond motifs is 1. The van der Waals surface area contributed by atoms with E-state index in [0.29, 0.717) is 5.76 Å². The Bertz CT molecular complexity index is 1070. The van der Waals surface area contributed by atoms with Gasteiger partial charge in [-0.1, -0.05) is 40.2 Å². The Hall–Kier alpha value is -2.80. The molecule has 0 saturated heterocycles. The molecule has 7 heteroatoms. The molecule has 1 N–H and O–H groups in total. The van der Waals surface area contributed by atoms with Crippen molar-refractivity contribution >= 4 is 33.0 Å². The second-order valence-electron chi connectivity index (χ2n) is 6.87. The van der Waals surface area contributed by atoms with Gasteiger partial charge in [0.1, 0.15) is 5.76 Å². The van der Waals surface area contributed by atoms with Crippen LogP contribution in [0.25, 0.3) is 22.3 Å². The van der Waals surface area contributed by atoms with Gasteiger partial charge in [-0.25, -0.2) is 4.79 Å². The van der Waals surface area contributed by atoms with Crippen LogP contribution in [0.1, 0.15) is 18.4 Å². The number of phenolic OH excluding ortho intramolecular Hbond substituents is 1. The van der Waals surface area contributed by atoms with E-state index >= 15 is 0 Å². The smallest absolute Gasteiger partial charge is 0.414 e. The van der Waals surface area contributed by atoms with Crippen molar-refractivity contribution in [3.8, 4) is 22.8 Å². The second-order valence-corrected chi connectivity index (χ2v) is 7.66. The quantitative estimate of drug-likeness (QED) is 0.416. The van der Waals surface area contributed by atoms with Crippen molar-refractivity contribution in [2.75, 3.05) is 19.4 Å². The summed E-state index contributed by atoms with van der Waals surface area (Å²) in [6.07, 6.45) is 2.54. The number of alkyl halides is 1. The van der Waals surface area contributed by atoms with E-state index in [1.54, 1.807) is 0 Å². The van der Waals surface area contributed by atoms with Crippen LogP contribution in [0.15, 0.2) is 51.7 Å². The highest BCUT2D eigenvalue weighted by atomic mass is 79.9. The normalized spacial score (nSPS) is 10.9. The van der Waals surface area contributed by atoms with Crippen molar-refractivity contribution in [1.82, 2.24) is 4.90 Å². The highest BCUT2D eigenvalue weighted by molar-refractivity contribution is 9.09. The number of hydrogen-bond acceptors (Lipinski definition) is 5. The molecular weight excluding hydrogens is 438 g/mol. The van der Waals surface area contributed by atoms with E-state index < -0.39 is 6.09 Å². The molecule has 2 aromatic carbocycles. The van der Waals surface area contributed by atoms with Crippen LogP contribution in [0, 0.1) is 0 Å². The zero-order valence-corrected chi connectivity index (χ0v) is 17.9. The van der Waals surface area contributed by atoms with Gasteiger partial charge in [-0.05, 0) is 37.0 Å². The number of ether oxygens (including phenoxy) is 1. The van der Waals surface area contributed by atoms with Gasteiger partial charge >= 0.3 is 6.09 Å². The number of phenols is 1. The predicted molar refractivity (Wildman–Crippen MR) is 116 cm³/mol. The highest BCUT2D eigenvalue weighted by Crippen LogP contribution is 2.35. The van der Waals surface area contributed by atoms with E-state index in [1.807, 2.05) is 24.3 Å². The first-order chi connectivity index (χ1) is 13.9. The zero-order chi connectivity index (χ0) is 21.0. The molecule has 1 amide bonds. The van der Waals surface area contributed by atoms with Gasteiger partial charge in [0.25, 0.3) is 0 Å². The van der Waals surface area contributed by atoms with Crippen LogP contribution >= 0.6 is 15.9 Å². The van der Waals surface area contributed by atoms with Gasteiger partial charge in [0.05, 0.1) is 5.39 Å². The maximum absolute atomic E-state index is 12.5. The first-order valence-electron chi connectivity index (χ1n) is 9.25. The van der Waals surface area contributed by atoms with Gasteiger partial charge < -0.3 is 19.2 Å². The second kappa shape index (κ2) is 9.13. The standard InChI is InChI=1S/C22H22BrNO5/c1-24(2)22(27)29-18-11-10-16-17(25)13-19(28-21(16)20(18)26)15-8-6-14(7-9-15)5-3-4-12-23/h6-11,13,26H,3-5,12H2,1-2H3. The number of aryl methyl sites for hydroxylation is 1. The summed E-state index contributed by atoms with van der Waals surface area (Å²) in [4.78, 5) is 25.5. The SMILES string of the molecule is CN(C)C(=O)Oc1ccc2c(=O)cc(-c3ccc(CCCCBr)cc3)oc2c1O. The molecule has 6 nitrogen and oxygen atoms in total. The third kappa shape index (κ3) is 4.79. The number of amides is 1. The molecule has 0 aliphatic heterocycles. The number of aromatic hydroxyl groups is 1. The molecule has 3 aromatic rings. The molecule has 0 spiro atoms. The molecule has 0 unspecified atom stereocenters. The van der Waals surface area contributed by atoms with Crippen LogP contribution in [-0.2, 0) is 6.42 Å². The summed E-state index contributed by atoms with van der Waals surface area (Å²) in [7, 11) is 3.06. The molecule has 29 heavy (non-hydrogen) atoms. The number of nitrogens with zero attached hydrogens (tertiary/aromatic N) is 1. The molecule has 152 valence electrons. The van der Waals surface area contributed by atoms with Gasteiger partial charge in [0.15, 0.2) is 16.8 Å². The molecule has 0 aliphatic rings. The Morgan fingerprint density at radius 1 is 1.14 bits per heavy atom. The zero-order valence-electron chi connectivity index (χ0n) is 16.3. The summed E-state index contributed by atoms with van der Waals surface area (Å²) in [5, 5.41) is 11.7. The van der Waals surface area contributed by atoms with Crippen molar-refractivity contribution in [2.45, 2.75) is 19.3 Å². The Kier molecular flexibility index (Phi) is 6.59. The largest absolute Gasteiger partial charge is 0.502 e. The first-order valence-corrected chi connectivity index (χ1v) is 10.4. The lowest BCUT2D eigenvalue weighted by molar-refractivity contribution is 0.170. The third-order valence-corrected chi connectivity index (χ3v) is 5.04. The number of halogens is 1. The Morgan fingerprint density at radius 3 is 2.52 bits per heavy atom. The molecular formula is C22H22BrNO5. The lowest BCUT2D eigenvalue weighted by atomic mass is 10.0. The van der Waals surface area contributed by atoms with Crippen molar-refractivity contribution in [2.24, 2.45) is 0 Å². The van der Waals surface area contributed by atoms with E-state index in [4.69, 9.17) is 9.15 Å². The van der Waals surface area contributed by atoms with Crippen molar-refractivity contribution < 1.29 is 19.1 Å². The lowest BCUT2D eigenvalue weighted by Gasteiger charge is -2.12. The average Bonchev–Trinajstić information content (AvgIpc) is 2.71. The number of carbonyl (C=O) groups is 1. The fourth-order valence-electron chi connectivity index (χ4n) is 2.86. The van der Waals surface area contributed by atoms with Crippen LogP contribution < -0.4 is 10.2 Å². The molecule has 0 aliphatic carbocycles. The number of hydrogen-bond donors (Lipinski definition) is 1. The van der Waals surface area contributed by atoms with Crippen LogP contribution in [0.3, 0.4) is 0 Å². The molecule has 0 atom stereocenters. The van der Waals surface area contributed by atoms with Crippen molar-refractivity contribution in [1.29, 1.82) is 0 Å². The van der Waals surface area contributed by atoms with E-state index in [-0.39, 0.29) is 27.9 Å². The third-order valence-electron chi connectivity index (χ3n) is 4.48. The van der Waals surface area contributed by atoms with E-state index in [2.05, 4.69) is 15.9 Å². The minimum Gasteiger partial charge on any atom is -0.502 e. The monoisotopic (exact) mass is 459 g/mol. The van der Waals surface area contributed by atoms with E-state index in [1.165, 1.54) is 42.8 Å². The fraction of sp³-hybridized carbons (Fsp3) is 0.273. The maximum atomic E-state index is 12.5. The summed E-state index contributed by atoms with van der Waals surface area (Å²) < 4.78 is 11.0. The minimum atomic E-state index is -0.645. The summed E-state index contributed by atoms with van der Waals surface area (Å²) in [5.41, 5.74) is 1.63. The van der Waals surface area contributed by atoms with E-state index in [0.717, 1.165) is 30.2 Å². The first kappa shape index (κ1) is 20.9. The average molecular weight is 460 g/mol. The van der Waals surface area contributed by atoms with Gasteiger partial charge in [-0.3, -0.25) is 4.79 Å². The van der Waals surface area contributed by atoms with Gasteiger partial charge in [0.2, 0.25) is 5.75 Å². The van der Waals surface area contributed by atoms with E-state index in [9.17, 15) is 14.7 Å². The van der Waals surface area contributed by atoms with Gasteiger partial charge in [-0.15, -0.1) is 0 Å². The topological polar surface area (TPSA) is 80.0 Å². The molecule has 1 heterocycles. The Morgan fingerprint density at radius 2 is 1.86 bits per heavy atom. The highest BCUT2D eigenvalue weighted by Gasteiger charge is 2.17. The molecule has 1 aromatic heterocycles. The summed E-state index contributed by atoms with van der Waals surface area (Å²) in [5.74, 6) is -0.123. The number of rotatable bonds is 6. The van der Waals surface area contributed by atoms with Crippen LogP contribution in [0.5, 0.6) is 11.5 Å². The fourth-order valence-corrected chi connectivity index (χ4v) is 3.25. The molecule has 3 rings (SSSR count). The number of carbonyl (C=O) groups excluding carboxylic acids is 1. The van der Waals surface area contributed by atoms with Crippen LogP contribution in [0.4, 0.5) is 4.79 Å². The molecule has 0 saturated carbocycles. The van der Waals surface area contributed by atoms with Gasteiger partial charge in [-0.2, -0.15) is 0 Å². The number of benzene rings is 2. The van der Waals surface area contributed by atoms with Crippen molar-refractivity contribution in [3.63, 3.8) is 0 Å². The minimum absolute atomic E-state index is 0.0158. The van der Waals surface area contributed by atoms with Crippen LogP contribution in [0.2, 0.25) is 0 Å². The van der Waals surface area contributed by atoms with Gasteiger partial charge in [0, 0.05) is 31.1 Å². The van der Waals surface area contributed by atoms with Crippen LogP contribution in [-0.4, -0.2) is 35.5 Å². The summed E-state index contributed by atoms with van der Waals surface area (Å²) in [6.45, 7) is 0. The number of unbranched alkanes of at least 4 members (excludes halogenated alkanes) is 1. The summed E-state index contributed by atoms with van der Waals surface area (Å²) in [6, 6.07) is 12.0. The molecule has 0 bridgehead atoms.